The number of rotatable bonds is 8. The van der Waals surface area contributed by atoms with Crippen LogP contribution in [0.3, 0.4) is 0 Å². The van der Waals surface area contributed by atoms with Crippen LogP contribution < -0.4 is 5.32 Å². The van der Waals surface area contributed by atoms with Crippen molar-refractivity contribution >= 4 is 31.8 Å². The van der Waals surface area contributed by atoms with E-state index in [2.05, 4.69) is 38.5 Å². The first-order chi connectivity index (χ1) is 15.1. The highest BCUT2D eigenvalue weighted by Gasteiger charge is 2.24. The van der Waals surface area contributed by atoms with Crippen LogP contribution in [0.5, 0.6) is 0 Å². The lowest BCUT2D eigenvalue weighted by Gasteiger charge is -2.28. The Morgan fingerprint density at radius 2 is 1.94 bits per heavy atom. The molecule has 0 unspecified atom stereocenters. The Bertz CT molecular complexity index is 1190. The first-order valence-electron chi connectivity index (χ1n) is 11.4. The standard InChI is InChI=1S/C24H30N4O2S/c29-31(30,16-25-14-18-3-4-18)13-1-2-17-5-7-19(8-6-17)20-9-11-26-22-15-28-24-21(23(20)22)10-12-27-24/h1-2,9-12,15,17-19,25H,3-8,13-14,16H2,(H,27,28). The molecule has 3 heterocycles. The molecule has 31 heavy (non-hydrogen) atoms. The molecule has 3 aromatic rings. The highest BCUT2D eigenvalue weighted by Crippen LogP contribution is 2.40. The molecule has 2 fully saturated rings. The first-order valence-corrected chi connectivity index (χ1v) is 13.2. The summed E-state index contributed by atoms with van der Waals surface area (Å²) in [4.78, 5) is 12.2. The van der Waals surface area contributed by atoms with Crippen LogP contribution in [0.4, 0.5) is 0 Å². The van der Waals surface area contributed by atoms with Gasteiger partial charge in [-0.05, 0) is 80.5 Å². The van der Waals surface area contributed by atoms with E-state index in [4.69, 9.17) is 0 Å². The molecule has 0 spiro atoms. The van der Waals surface area contributed by atoms with E-state index >= 15 is 0 Å². The Morgan fingerprint density at radius 1 is 1.10 bits per heavy atom. The number of aromatic nitrogens is 3. The summed E-state index contributed by atoms with van der Waals surface area (Å²) in [6.45, 7) is 0.835. The van der Waals surface area contributed by atoms with Gasteiger partial charge in [-0.25, -0.2) is 13.4 Å². The van der Waals surface area contributed by atoms with E-state index in [0.717, 1.165) is 48.8 Å². The molecular weight excluding hydrogens is 408 g/mol. The summed E-state index contributed by atoms with van der Waals surface area (Å²) >= 11 is 0. The molecule has 7 heteroatoms. The average molecular weight is 439 g/mol. The van der Waals surface area contributed by atoms with Crippen molar-refractivity contribution in [2.45, 2.75) is 44.4 Å². The lowest BCUT2D eigenvalue weighted by Crippen LogP contribution is -2.26. The highest BCUT2D eigenvalue weighted by atomic mass is 32.2. The van der Waals surface area contributed by atoms with E-state index in [9.17, 15) is 8.42 Å². The predicted octanol–water partition coefficient (Wildman–Crippen LogP) is 4.31. The van der Waals surface area contributed by atoms with Crippen molar-refractivity contribution in [2.24, 2.45) is 11.8 Å². The number of sulfone groups is 1. The lowest BCUT2D eigenvalue weighted by atomic mass is 9.77. The molecule has 2 aliphatic rings. The fourth-order valence-electron chi connectivity index (χ4n) is 4.84. The number of H-pyrrole nitrogens is 1. The smallest absolute Gasteiger partial charge is 0.166 e. The Hall–Kier alpha value is -2.25. The van der Waals surface area contributed by atoms with Crippen molar-refractivity contribution < 1.29 is 8.42 Å². The quantitative estimate of drug-likeness (QED) is 0.512. The summed E-state index contributed by atoms with van der Waals surface area (Å²) in [5.74, 6) is 1.90. The highest BCUT2D eigenvalue weighted by molar-refractivity contribution is 7.91. The summed E-state index contributed by atoms with van der Waals surface area (Å²) < 4.78 is 24.4. The molecular formula is C24H30N4O2S. The molecule has 0 radical (unpaired) electrons. The molecule has 6 nitrogen and oxygen atoms in total. The zero-order chi connectivity index (χ0) is 21.3. The van der Waals surface area contributed by atoms with Gasteiger partial charge in [0.1, 0.15) is 5.65 Å². The van der Waals surface area contributed by atoms with Crippen molar-refractivity contribution in [2.75, 3.05) is 18.2 Å². The molecule has 164 valence electrons. The number of hydrogen-bond donors (Lipinski definition) is 2. The van der Waals surface area contributed by atoms with E-state index in [1.165, 1.54) is 23.8 Å². The van der Waals surface area contributed by atoms with Gasteiger partial charge in [0.2, 0.25) is 0 Å². The number of nitrogens with zero attached hydrogens (tertiary/aromatic N) is 2. The molecule has 5 rings (SSSR count). The lowest BCUT2D eigenvalue weighted by molar-refractivity contribution is 0.377. The first kappa shape index (κ1) is 20.6. The number of nitrogens with one attached hydrogen (secondary N) is 2. The number of pyridine rings is 2. The third kappa shape index (κ3) is 4.83. The second-order valence-electron chi connectivity index (χ2n) is 9.15. The molecule has 0 saturated heterocycles. The fourth-order valence-corrected chi connectivity index (χ4v) is 5.79. The second-order valence-corrected chi connectivity index (χ2v) is 11.3. The van der Waals surface area contributed by atoms with Crippen LogP contribution in [-0.2, 0) is 9.84 Å². The van der Waals surface area contributed by atoms with Crippen molar-refractivity contribution in [3.05, 3.63) is 48.4 Å². The molecule has 2 saturated carbocycles. The molecule has 0 bridgehead atoms. The van der Waals surface area contributed by atoms with E-state index in [1.54, 1.807) is 0 Å². The van der Waals surface area contributed by atoms with Crippen molar-refractivity contribution in [3.63, 3.8) is 0 Å². The van der Waals surface area contributed by atoms with Crippen LogP contribution in [0.25, 0.3) is 21.9 Å². The van der Waals surface area contributed by atoms with Crippen LogP contribution >= 0.6 is 0 Å². The van der Waals surface area contributed by atoms with Gasteiger partial charge in [0.25, 0.3) is 0 Å². The van der Waals surface area contributed by atoms with Crippen LogP contribution in [-0.4, -0.2) is 41.5 Å². The van der Waals surface area contributed by atoms with Gasteiger partial charge < -0.3 is 10.3 Å². The SMILES string of the molecule is O=S(=O)(CC=CC1CCC(c2ccnc3cnc4[nH]ccc4c23)CC1)CNCC1CC1. The molecule has 0 aromatic carbocycles. The summed E-state index contributed by atoms with van der Waals surface area (Å²) in [7, 11) is -3.06. The number of hydrogen-bond acceptors (Lipinski definition) is 5. The Morgan fingerprint density at radius 3 is 2.74 bits per heavy atom. The molecule has 0 amide bonds. The number of fused-ring (bicyclic) bond motifs is 3. The summed E-state index contributed by atoms with van der Waals surface area (Å²) in [6.07, 6.45) is 16.6. The van der Waals surface area contributed by atoms with Crippen LogP contribution in [0.15, 0.2) is 42.9 Å². The minimum atomic E-state index is -3.06. The van der Waals surface area contributed by atoms with E-state index in [0.29, 0.717) is 17.8 Å². The Balaban J connectivity index is 1.20. The molecule has 0 atom stereocenters. The van der Waals surface area contributed by atoms with E-state index in [1.807, 2.05) is 24.7 Å². The fraction of sp³-hybridized carbons (Fsp3) is 0.500. The van der Waals surface area contributed by atoms with Gasteiger partial charge in [0.15, 0.2) is 9.84 Å². The largest absolute Gasteiger partial charge is 0.346 e. The Labute approximate surface area is 183 Å². The third-order valence-corrected chi connectivity index (χ3v) is 8.09. The van der Waals surface area contributed by atoms with Gasteiger partial charge in [0.05, 0.1) is 23.3 Å². The normalized spacial score (nSPS) is 22.6. The topological polar surface area (TPSA) is 87.7 Å². The Kier molecular flexibility index (Phi) is 5.80. The molecule has 2 aliphatic carbocycles. The van der Waals surface area contributed by atoms with Crippen molar-refractivity contribution in [1.82, 2.24) is 20.3 Å². The van der Waals surface area contributed by atoms with E-state index in [-0.39, 0.29) is 11.6 Å². The van der Waals surface area contributed by atoms with Crippen LogP contribution in [0, 0.1) is 11.8 Å². The van der Waals surface area contributed by atoms with Crippen molar-refractivity contribution in [3.8, 4) is 0 Å². The van der Waals surface area contributed by atoms with Gasteiger partial charge in [-0.3, -0.25) is 4.98 Å². The second kappa shape index (κ2) is 8.71. The zero-order valence-electron chi connectivity index (χ0n) is 17.8. The van der Waals surface area contributed by atoms with Gasteiger partial charge in [-0.2, -0.15) is 0 Å². The maximum Gasteiger partial charge on any atom is 0.166 e. The average Bonchev–Trinajstić information content (AvgIpc) is 3.46. The molecule has 0 aliphatic heterocycles. The minimum absolute atomic E-state index is 0.0954. The van der Waals surface area contributed by atoms with Gasteiger partial charge in [0, 0.05) is 23.2 Å². The third-order valence-electron chi connectivity index (χ3n) is 6.74. The minimum Gasteiger partial charge on any atom is -0.346 e. The van der Waals surface area contributed by atoms with Gasteiger partial charge >= 0.3 is 0 Å². The predicted molar refractivity (Wildman–Crippen MR) is 125 cm³/mol. The zero-order valence-corrected chi connectivity index (χ0v) is 18.6. The van der Waals surface area contributed by atoms with Crippen LogP contribution in [0.1, 0.15) is 50.0 Å². The summed E-state index contributed by atoms with van der Waals surface area (Å²) in [6, 6.07) is 4.25. The summed E-state index contributed by atoms with van der Waals surface area (Å²) in [5, 5.41) is 5.45. The summed E-state index contributed by atoms with van der Waals surface area (Å²) in [5.41, 5.74) is 3.22. The molecule has 2 N–H and O–H groups in total. The monoisotopic (exact) mass is 438 g/mol. The van der Waals surface area contributed by atoms with Gasteiger partial charge in [-0.15, -0.1) is 0 Å². The van der Waals surface area contributed by atoms with E-state index < -0.39 is 9.84 Å². The van der Waals surface area contributed by atoms with Crippen LogP contribution in [0.2, 0.25) is 0 Å². The number of allylic oxidation sites excluding steroid dienone is 1. The maximum absolute atomic E-state index is 12.2. The maximum atomic E-state index is 12.2. The van der Waals surface area contributed by atoms with Crippen molar-refractivity contribution in [1.29, 1.82) is 0 Å². The van der Waals surface area contributed by atoms with Gasteiger partial charge in [-0.1, -0.05) is 12.2 Å². The number of aromatic amines is 1. The molecule has 3 aromatic heterocycles.